The number of nitrogens with one attached hydrogen (secondary N) is 1. The summed E-state index contributed by atoms with van der Waals surface area (Å²) in [5.74, 6) is -0.232. The lowest BCUT2D eigenvalue weighted by Gasteiger charge is -2.13. The van der Waals surface area contributed by atoms with E-state index in [9.17, 15) is 14.6 Å². The summed E-state index contributed by atoms with van der Waals surface area (Å²) in [6.45, 7) is 3.46. The highest BCUT2D eigenvalue weighted by atomic mass is 19.1. The van der Waals surface area contributed by atoms with Gasteiger partial charge < -0.3 is 15.5 Å². The van der Waals surface area contributed by atoms with Crippen molar-refractivity contribution >= 4 is 5.69 Å². The van der Waals surface area contributed by atoms with Crippen LogP contribution in [0.15, 0.2) is 24.4 Å². The van der Waals surface area contributed by atoms with Crippen LogP contribution in [0.5, 0.6) is 5.75 Å². The number of aliphatic hydroxyl groups is 1. The summed E-state index contributed by atoms with van der Waals surface area (Å²) >= 11 is 0. The number of pyridine rings is 1. The van der Waals surface area contributed by atoms with Crippen molar-refractivity contribution in [2.45, 2.75) is 27.0 Å². The van der Waals surface area contributed by atoms with E-state index in [1.807, 2.05) is 0 Å². The molecule has 0 atom stereocenters. The maximum absolute atomic E-state index is 13.5. The van der Waals surface area contributed by atoms with Gasteiger partial charge in [-0.25, -0.2) is 4.39 Å². The standard InChI is InChI=1S/C15H17FN2O2/c1-9-3-4-12(5-14(9)16)18-7-13-11(8-19)6-17-10(2)15(13)20/h3-6,18-20H,7-8H2,1-2H3. The Labute approximate surface area is 116 Å². The zero-order valence-corrected chi connectivity index (χ0v) is 11.4. The molecular weight excluding hydrogens is 259 g/mol. The van der Waals surface area contributed by atoms with Gasteiger partial charge in [0.1, 0.15) is 11.6 Å². The van der Waals surface area contributed by atoms with Gasteiger partial charge in [-0.1, -0.05) is 6.07 Å². The van der Waals surface area contributed by atoms with E-state index in [-0.39, 0.29) is 24.7 Å². The van der Waals surface area contributed by atoms with Crippen molar-refractivity contribution in [1.82, 2.24) is 4.98 Å². The first-order valence-corrected chi connectivity index (χ1v) is 6.30. The lowest BCUT2D eigenvalue weighted by atomic mass is 10.1. The van der Waals surface area contributed by atoms with Gasteiger partial charge in [-0.15, -0.1) is 0 Å². The number of rotatable bonds is 4. The van der Waals surface area contributed by atoms with Crippen LogP contribution in [-0.2, 0) is 13.2 Å². The van der Waals surface area contributed by atoms with Crippen LogP contribution in [0.25, 0.3) is 0 Å². The minimum absolute atomic E-state index is 0.0524. The number of halogens is 1. The second kappa shape index (κ2) is 5.88. The van der Waals surface area contributed by atoms with Crippen LogP contribution in [0.1, 0.15) is 22.4 Å². The predicted octanol–water partition coefficient (Wildman–Crippen LogP) is 2.65. The minimum atomic E-state index is -0.285. The molecule has 0 aliphatic heterocycles. The van der Waals surface area contributed by atoms with E-state index >= 15 is 0 Å². The van der Waals surface area contributed by atoms with Gasteiger partial charge in [-0.3, -0.25) is 4.98 Å². The Kier molecular flexibility index (Phi) is 4.20. The fourth-order valence-corrected chi connectivity index (χ4v) is 1.91. The molecule has 0 fully saturated rings. The van der Waals surface area contributed by atoms with Crippen molar-refractivity contribution in [2.24, 2.45) is 0 Å². The molecule has 0 radical (unpaired) electrons. The fourth-order valence-electron chi connectivity index (χ4n) is 1.91. The summed E-state index contributed by atoms with van der Waals surface area (Å²) < 4.78 is 13.5. The van der Waals surface area contributed by atoms with Gasteiger partial charge in [0.25, 0.3) is 0 Å². The first-order valence-electron chi connectivity index (χ1n) is 6.30. The number of aromatic hydroxyl groups is 1. The molecule has 0 saturated heterocycles. The normalized spacial score (nSPS) is 10.6. The number of hydrogen-bond donors (Lipinski definition) is 3. The summed E-state index contributed by atoms with van der Waals surface area (Å²) in [5.41, 5.74) is 2.81. The molecule has 0 spiro atoms. The molecule has 0 aliphatic carbocycles. The number of benzene rings is 1. The molecular formula is C15H17FN2O2. The summed E-state index contributed by atoms with van der Waals surface area (Å²) in [4.78, 5) is 3.99. The van der Waals surface area contributed by atoms with Crippen LogP contribution in [0.3, 0.4) is 0 Å². The zero-order valence-electron chi connectivity index (χ0n) is 11.4. The van der Waals surface area contributed by atoms with Crippen molar-refractivity contribution in [1.29, 1.82) is 0 Å². The smallest absolute Gasteiger partial charge is 0.142 e. The average molecular weight is 276 g/mol. The molecule has 20 heavy (non-hydrogen) atoms. The monoisotopic (exact) mass is 276 g/mol. The summed E-state index contributed by atoms with van der Waals surface area (Å²) in [6, 6.07) is 4.85. The van der Waals surface area contributed by atoms with E-state index < -0.39 is 0 Å². The molecule has 0 amide bonds. The third-order valence-corrected chi connectivity index (χ3v) is 3.24. The summed E-state index contributed by atoms with van der Waals surface area (Å²) in [7, 11) is 0. The summed E-state index contributed by atoms with van der Waals surface area (Å²) in [5, 5.41) is 22.3. The Hall–Kier alpha value is -2.14. The second-order valence-electron chi connectivity index (χ2n) is 4.67. The Morgan fingerprint density at radius 1 is 1.30 bits per heavy atom. The molecule has 1 heterocycles. The van der Waals surface area contributed by atoms with Crippen LogP contribution < -0.4 is 5.32 Å². The van der Waals surface area contributed by atoms with E-state index in [2.05, 4.69) is 10.3 Å². The number of aromatic nitrogens is 1. The predicted molar refractivity (Wildman–Crippen MR) is 75.0 cm³/mol. The lowest BCUT2D eigenvalue weighted by molar-refractivity contribution is 0.279. The molecule has 5 heteroatoms. The first kappa shape index (κ1) is 14.3. The highest BCUT2D eigenvalue weighted by molar-refractivity contribution is 5.48. The van der Waals surface area contributed by atoms with Gasteiger partial charge in [0, 0.05) is 29.6 Å². The van der Waals surface area contributed by atoms with Crippen molar-refractivity contribution in [3.8, 4) is 5.75 Å². The Morgan fingerprint density at radius 2 is 2.05 bits per heavy atom. The van der Waals surface area contributed by atoms with Crippen LogP contribution in [0.2, 0.25) is 0 Å². The molecule has 0 aliphatic rings. The third-order valence-electron chi connectivity index (χ3n) is 3.24. The molecule has 2 rings (SSSR count). The second-order valence-corrected chi connectivity index (χ2v) is 4.67. The summed E-state index contributed by atoms with van der Waals surface area (Å²) in [6.07, 6.45) is 1.53. The molecule has 1 aromatic heterocycles. The third kappa shape index (κ3) is 2.88. The Balaban J connectivity index is 2.22. The van der Waals surface area contributed by atoms with Crippen molar-refractivity contribution in [3.05, 3.63) is 52.6 Å². The molecule has 0 unspecified atom stereocenters. The minimum Gasteiger partial charge on any atom is -0.506 e. The highest BCUT2D eigenvalue weighted by Crippen LogP contribution is 2.25. The molecule has 106 valence electrons. The zero-order chi connectivity index (χ0) is 14.7. The average Bonchev–Trinajstić information content (AvgIpc) is 2.44. The lowest BCUT2D eigenvalue weighted by Crippen LogP contribution is -2.06. The first-order chi connectivity index (χ1) is 9.52. The fraction of sp³-hybridized carbons (Fsp3) is 0.267. The number of aliphatic hydroxyl groups excluding tert-OH is 1. The molecule has 0 bridgehead atoms. The van der Waals surface area contributed by atoms with Gasteiger partial charge >= 0.3 is 0 Å². The van der Waals surface area contributed by atoms with Crippen LogP contribution in [0, 0.1) is 19.7 Å². The molecule has 2 aromatic rings. The molecule has 1 aromatic carbocycles. The van der Waals surface area contributed by atoms with Crippen LogP contribution in [-0.4, -0.2) is 15.2 Å². The van der Waals surface area contributed by atoms with Crippen molar-refractivity contribution < 1.29 is 14.6 Å². The molecule has 0 saturated carbocycles. The van der Waals surface area contributed by atoms with Gasteiger partial charge in [-0.2, -0.15) is 0 Å². The van der Waals surface area contributed by atoms with Crippen LogP contribution >= 0.6 is 0 Å². The highest BCUT2D eigenvalue weighted by Gasteiger charge is 2.11. The van der Waals surface area contributed by atoms with E-state index in [0.29, 0.717) is 28.1 Å². The number of anilines is 1. The maximum atomic E-state index is 13.5. The largest absolute Gasteiger partial charge is 0.506 e. The number of aryl methyl sites for hydroxylation is 2. The van der Waals surface area contributed by atoms with Crippen LogP contribution in [0.4, 0.5) is 10.1 Å². The van der Waals surface area contributed by atoms with E-state index in [1.54, 1.807) is 26.0 Å². The maximum Gasteiger partial charge on any atom is 0.142 e. The number of nitrogens with zero attached hydrogens (tertiary/aromatic N) is 1. The van der Waals surface area contributed by atoms with E-state index in [1.165, 1.54) is 12.3 Å². The Morgan fingerprint density at radius 3 is 2.70 bits per heavy atom. The van der Waals surface area contributed by atoms with E-state index in [4.69, 9.17) is 0 Å². The van der Waals surface area contributed by atoms with Crippen molar-refractivity contribution in [2.75, 3.05) is 5.32 Å². The molecule has 3 N–H and O–H groups in total. The van der Waals surface area contributed by atoms with Gasteiger partial charge in [0.2, 0.25) is 0 Å². The van der Waals surface area contributed by atoms with Gasteiger partial charge in [-0.05, 0) is 31.5 Å². The quantitative estimate of drug-likeness (QED) is 0.803. The molecule has 4 nitrogen and oxygen atoms in total. The topological polar surface area (TPSA) is 65.4 Å². The van der Waals surface area contributed by atoms with E-state index in [0.717, 1.165) is 0 Å². The van der Waals surface area contributed by atoms with Crippen molar-refractivity contribution in [3.63, 3.8) is 0 Å². The van der Waals surface area contributed by atoms with Gasteiger partial charge in [0.15, 0.2) is 0 Å². The Bertz CT molecular complexity index is 630. The number of hydrogen-bond acceptors (Lipinski definition) is 4. The van der Waals surface area contributed by atoms with Gasteiger partial charge in [0.05, 0.1) is 12.3 Å². The SMILES string of the molecule is Cc1ccc(NCc2c(CO)cnc(C)c2O)cc1F.